The maximum Gasteiger partial charge on any atom is 0.279 e. The van der Waals surface area contributed by atoms with Gasteiger partial charge in [-0.2, -0.15) is 0 Å². The zero-order valence-corrected chi connectivity index (χ0v) is 17.0. The van der Waals surface area contributed by atoms with Crippen molar-refractivity contribution < 1.29 is 19.2 Å². The molecule has 1 unspecified atom stereocenters. The van der Waals surface area contributed by atoms with Crippen LogP contribution < -0.4 is 15.0 Å². The first kappa shape index (κ1) is 22.0. The Morgan fingerprint density at radius 2 is 1.62 bits per heavy atom. The molecule has 0 aliphatic carbocycles. The van der Waals surface area contributed by atoms with E-state index in [1.165, 1.54) is 0 Å². The zero-order valence-electron chi connectivity index (χ0n) is 17.0. The zero-order chi connectivity index (χ0) is 19.7. The lowest BCUT2D eigenvalue weighted by Gasteiger charge is -2.34. The third-order valence-electron chi connectivity index (χ3n) is 4.71. The predicted molar refractivity (Wildman–Crippen MR) is 105 cm³/mol. The molecule has 0 bridgehead atoms. The van der Waals surface area contributed by atoms with Gasteiger partial charge in [-0.3, -0.25) is 9.59 Å². The van der Waals surface area contributed by atoms with Crippen LogP contribution in [0.25, 0.3) is 0 Å². The Labute approximate surface area is 157 Å². The van der Waals surface area contributed by atoms with E-state index in [4.69, 9.17) is 4.74 Å². The number of amides is 2. The molecular weight excluding hydrogens is 330 g/mol. The van der Waals surface area contributed by atoms with Gasteiger partial charge in [-0.05, 0) is 51.0 Å². The second-order valence-corrected chi connectivity index (χ2v) is 6.90. The molecule has 0 aliphatic heterocycles. The van der Waals surface area contributed by atoms with Gasteiger partial charge >= 0.3 is 0 Å². The van der Waals surface area contributed by atoms with Gasteiger partial charge in [-0.25, -0.2) is 0 Å². The Hall–Kier alpha value is -2.08. The summed E-state index contributed by atoms with van der Waals surface area (Å²) in [4.78, 5) is 27.8. The van der Waals surface area contributed by atoms with E-state index in [9.17, 15) is 9.59 Å². The summed E-state index contributed by atoms with van der Waals surface area (Å²) in [5.74, 6) is 0.731. The molecule has 0 aliphatic rings. The Morgan fingerprint density at radius 1 is 1.08 bits per heavy atom. The van der Waals surface area contributed by atoms with Crippen molar-refractivity contribution in [3.8, 4) is 5.75 Å². The van der Waals surface area contributed by atoms with Crippen LogP contribution in [0.5, 0.6) is 5.75 Å². The van der Waals surface area contributed by atoms with Crippen molar-refractivity contribution in [2.75, 3.05) is 32.6 Å². The van der Waals surface area contributed by atoms with Crippen molar-refractivity contribution in [3.05, 3.63) is 24.3 Å². The molecule has 1 rings (SSSR count). The van der Waals surface area contributed by atoms with Gasteiger partial charge in [0.05, 0.1) is 14.2 Å². The molecule has 1 aromatic rings. The highest BCUT2D eigenvalue weighted by molar-refractivity contribution is 5.91. The summed E-state index contributed by atoms with van der Waals surface area (Å²) >= 11 is 0. The van der Waals surface area contributed by atoms with Gasteiger partial charge in [0.1, 0.15) is 5.75 Å². The Balaban J connectivity index is 2.58. The molecule has 0 radical (unpaired) electrons. The van der Waals surface area contributed by atoms with Crippen LogP contribution in [0.15, 0.2) is 24.3 Å². The van der Waals surface area contributed by atoms with Gasteiger partial charge in [-0.1, -0.05) is 13.8 Å². The molecule has 26 heavy (non-hydrogen) atoms. The SMILES string of the molecule is CC[C@@H](C)N(C(=O)C[NH+](C)CC(=O)Nc1ccc(OC)cc1)[C@H](C)CC. The van der Waals surface area contributed by atoms with E-state index in [0.29, 0.717) is 6.54 Å². The minimum absolute atomic E-state index is 0.100. The number of anilines is 1. The van der Waals surface area contributed by atoms with Crippen LogP contribution in [0.4, 0.5) is 5.69 Å². The molecule has 146 valence electrons. The third-order valence-corrected chi connectivity index (χ3v) is 4.71. The van der Waals surface area contributed by atoms with Crippen LogP contribution in [0.2, 0.25) is 0 Å². The summed E-state index contributed by atoms with van der Waals surface area (Å²) in [6, 6.07) is 7.60. The summed E-state index contributed by atoms with van der Waals surface area (Å²) in [7, 11) is 3.47. The molecule has 6 nitrogen and oxygen atoms in total. The number of ether oxygens (including phenoxy) is 1. The summed E-state index contributed by atoms with van der Waals surface area (Å²) in [5.41, 5.74) is 0.718. The minimum atomic E-state index is -0.112. The summed E-state index contributed by atoms with van der Waals surface area (Å²) in [5, 5.41) is 2.85. The highest BCUT2D eigenvalue weighted by Gasteiger charge is 2.26. The molecule has 6 heteroatoms. The first-order valence-corrected chi connectivity index (χ1v) is 9.38. The van der Waals surface area contributed by atoms with Gasteiger partial charge in [0.25, 0.3) is 11.8 Å². The Kier molecular flexibility index (Phi) is 9.13. The van der Waals surface area contributed by atoms with Crippen molar-refractivity contribution in [1.82, 2.24) is 4.90 Å². The fourth-order valence-electron chi connectivity index (χ4n) is 2.89. The van der Waals surface area contributed by atoms with E-state index in [-0.39, 0.29) is 30.4 Å². The number of nitrogens with one attached hydrogen (secondary N) is 2. The summed E-state index contributed by atoms with van der Waals surface area (Å²) in [6.45, 7) is 8.89. The Morgan fingerprint density at radius 3 is 2.08 bits per heavy atom. The van der Waals surface area contributed by atoms with E-state index in [0.717, 1.165) is 29.2 Å². The van der Waals surface area contributed by atoms with Crippen LogP contribution in [0, 0.1) is 0 Å². The molecule has 1 aromatic carbocycles. The fourth-order valence-corrected chi connectivity index (χ4v) is 2.89. The number of hydrogen-bond acceptors (Lipinski definition) is 3. The number of hydrogen-bond donors (Lipinski definition) is 2. The maximum atomic E-state index is 12.7. The molecule has 2 N–H and O–H groups in total. The molecule has 0 aromatic heterocycles. The molecule has 2 amide bonds. The molecule has 0 saturated carbocycles. The van der Waals surface area contributed by atoms with E-state index in [1.807, 2.05) is 11.9 Å². The van der Waals surface area contributed by atoms with Crippen molar-refractivity contribution in [2.45, 2.75) is 52.6 Å². The third kappa shape index (κ3) is 6.67. The van der Waals surface area contributed by atoms with Gasteiger partial charge in [0.2, 0.25) is 0 Å². The first-order valence-electron chi connectivity index (χ1n) is 9.38. The van der Waals surface area contributed by atoms with Crippen molar-refractivity contribution in [2.24, 2.45) is 0 Å². The van der Waals surface area contributed by atoms with Crippen molar-refractivity contribution >= 4 is 17.5 Å². The number of quaternary nitrogens is 1. The van der Waals surface area contributed by atoms with Gasteiger partial charge < -0.3 is 19.9 Å². The highest BCUT2D eigenvalue weighted by Crippen LogP contribution is 2.14. The van der Waals surface area contributed by atoms with E-state index in [2.05, 4.69) is 33.0 Å². The van der Waals surface area contributed by atoms with Gasteiger partial charge in [0.15, 0.2) is 13.1 Å². The average Bonchev–Trinajstić information content (AvgIpc) is 2.61. The number of carbonyl (C=O) groups excluding carboxylic acids is 2. The lowest BCUT2D eigenvalue weighted by atomic mass is 10.1. The molecule has 0 heterocycles. The van der Waals surface area contributed by atoms with Crippen LogP contribution in [-0.2, 0) is 9.59 Å². The number of carbonyl (C=O) groups is 2. The lowest BCUT2D eigenvalue weighted by Crippen LogP contribution is -3.11. The van der Waals surface area contributed by atoms with Crippen LogP contribution >= 0.6 is 0 Å². The van der Waals surface area contributed by atoms with Gasteiger partial charge in [-0.15, -0.1) is 0 Å². The number of nitrogens with zero attached hydrogens (tertiary/aromatic N) is 1. The molecule has 0 spiro atoms. The number of rotatable bonds is 10. The standard InChI is InChI=1S/C20H33N3O3/c1-7-15(3)23(16(4)8-2)20(25)14-22(5)13-19(24)21-17-9-11-18(26-6)12-10-17/h9-12,15-16H,7-8,13-14H2,1-6H3,(H,21,24)/p+1/t15-,16-/m1/s1. The Bertz CT molecular complexity index is 564. The molecular formula is C20H34N3O3+. The number of likely N-dealkylation sites (N-methyl/N-ethyl adjacent to an activating group) is 1. The van der Waals surface area contributed by atoms with E-state index < -0.39 is 0 Å². The second-order valence-electron chi connectivity index (χ2n) is 6.90. The van der Waals surface area contributed by atoms with E-state index in [1.54, 1.807) is 31.4 Å². The normalized spacial score (nSPS) is 14.2. The van der Waals surface area contributed by atoms with E-state index >= 15 is 0 Å². The topological polar surface area (TPSA) is 63.1 Å². The van der Waals surface area contributed by atoms with Crippen LogP contribution in [0.1, 0.15) is 40.5 Å². The molecule has 3 atom stereocenters. The van der Waals surface area contributed by atoms with Crippen molar-refractivity contribution in [1.29, 1.82) is 0 Å². The number of methoxy groups -OCH3 is 1. The monoisotopic (exact) mass is 364 g/mol. The summed E-state index contributed by atoms with van der Waals surface area (Å²) < 4.78 is 5.10. The highest BCUT2D eigenvalue weighted by atomic mass is 16.5. The number of benzene rings is 1. The smallest absolute Gasteiger partial charge is 0.279 e. The first-order chi connectivity index (χ1) is 12.3. The maximum absolute atomic E-state index is 12.7. The fraction of sp³-hybridized carbons (Fsp3) is 0.600. The molecule has 0 fully saturated rings. The second kappa shape index (κ2) is 10.8. The lowest BCUT2D eigenvalue weighted by molar-refractivity contribution is -0.862. The minimum Gasteiger partial charge on any atom is -0.497 e. The predicted octanol–water partition coefficient (Wildman–Crippen LogP) is 1.57. The summed E-state index contributed by atoms with van der Waals surface area (Å²) in [6.07, 6.45) is 1.85. The largest absolute Gasteiger partial charge is 0.497 e. The molecule has 0 saturated heterocycles. The van der Waals surface area contributed by atoms with Crippen LogP contribution in [0.3, 0.4) is 0 Å². The van der Waals surface area contributed by atoms with Gasteiger partial charge in [0, 0.05) is 17.8 Å². The van der Waals surface area contributed by atoms with Crippen molar-refractivity contribution in [3.63, 3.8) is 0 Å². The average molecular weight is 365 g/mol. The quantitative estimate of drug-likeness (QED) is 0.662. The van der Waals surface area contributed by atoms with Crippen LogP contribution in [-0.4, -0.2) is 56.0 Å².